The lowest BCUT2D eigenvalue weighted by atomic mass is 9.99. The summed E-state index contributed by atoms with van der Waals surface area (Å²) in [5, 5.41) is 0. The molecule has 0 radical (unpaired) electrons. The summed E-state index contributed by atoms with van der Waals surface area (Å²) in [6.45, 7) is 3.22. The second-order valence-corrected chi connectivity index (χ2v) is 6.03. The monoisotopic (exact) mass is 294 g/mol. The summed E-state index contributed by atoms with van der Waals surface area (Å²) in [6.07, 6.45) is 0.943. The molecule has 0 spiro atoms. The van der Waals surface area contributed by atoms with Gasteiger partial charge in [-0.05, 0) is 48.6 Å². The van der Waals surface area contributed by atoms with E-state index in [9.17, 15) is 4.79 Å². The summed E-state index contributed by atoms with van der Waals surface area (Å²) in [6, 6.07) is 13.8. The van der Waals surface area contributed by atoms with Gasteiger partial charge in [0.05, 0.1) is 0 Å². The van der Waals surface area contributed by atoms with E-state index >= 15 is 0 Å². The van der Waals surface area contributed by atoms with Crippen LogP contribution in [0.3, 0.4) is 0 Å². The number of benzene rings is 2. The number of carbonyl (C=O) groups is 1. The Labute approximate surface area is 129 Å². The molecule has 3 heteroatoms. The molecule has 2 unspecified atom stereocenters. The van der Waals surface area contributed by atoms with E-state index in [4.69, 9.17) is 9.47 Å². The highest BCUT2D eigenvalue weighted by atomic mass is 16.6. The molecule has 0 saturated heterocycles. The molecule has 0 amide bonds. The molecule has 2 aromatic carbocycles. The highest BCUT2D eigenvalue weighted by molar-refractivity contribution is 6.01. The predicted octanol–water partition coefficient (Wildman–Crippen LogP) is 3.75. The minimum absolute atomic E-state index is 0.101. The number of hydrogen-bond donors (Lipinski definition) is 0. The zero-order valence-corrected chi connectivity index (χ0v) is 12.5. The zero-order chi connectivity index (χ0) is 15.1. The molecule has 2 atom stereocenters. The fraction of sp³-hybridized carbons (Fsp3) is 0.316. The molecule has 2 aliphatic rings. The number of Topliss-reactive ketones (excluding diaryl/α,β-unsaturated/α-hetero) is 1. The van der Waals surface area contributed by atoms with Crippen molar-refractivity contribution >= 4 is 5.78 Å². The Hall–Kier alpha value is -2.29. The minimum Gasteiger partial charge on any atom is -0.486 e. The van der Waals surface area contributed by atoms with Crippen molar-refractivity contribution in [2.45, 2.75) is 19.3 Å². The van der Waals surface area contributed by atoms with E-state index in [1.807, 2.05) is 30.3 Å². The maximum absolute atomic E-state index is 12.7. The fourth-order valence-electron chi connectivity index (χ4n) is 3.24. The first-order chi connectivity index (χ1) is 10.7. The number of ether oxygens (including phenoxy) is 2. The number of hydrogen-bond acceptors (Lipinski definition) is 3. The van der Waals surface area contributed by atoms with Crippen LogP contribution in [0.4, 0.5) is 0 Å². The van der Waals surface area contributed by atoms with Crippen LogP contribution in [-0.4, -0.2) is 19.0 Å². The van der Waals surface area contributed by atoms with Gasteiger partial charge in [0.1, 0.15) is 13.2 Å². The predicted molar refractivity (Wildman–Crippen MR) is 83.8 cm³/mol. The molecule has 1 aliphatic carbocycles. The molecule has 22 heavy (non-hydrogen) atoms. The van der Waals surface area contributed by atoms with Crippen molar-refractivity contribution < 1.29 is 14.3 Å². The number of carbonyl (C=O) groups excluding carboxylic acids is 1. The van der Waals surface area contributed by atoms with Gasteiger partial charge in [-0.2, -0.15) is 0 Å². The van der Waals surface area contributed by atoms with E-state index < -0.39 is 0 Å². The van der Waals surface area contributed by atoms with Crippen molar-refractivity contribution in [3.8, 4) is 11.5 Å². The zero-order valence-electron chi connectivity index (χ0n) is 12.5. The molecule has 1 saturated carbocycles. The second-order valence-electron chi connectivity index (χ2n) is 6.03. The molecule has 2 aromatic rings. The molecule has 0 N–H and O–H groups in total. The van der Waals surface area contributed by atoms with E-state index in [1.54, 1.807) is 0 Å². The standard InChI is InChI=1S/C19H18O3/c1-12-4-2-3-5-14(12)15-11-16(15)19(20)13-6-7-17-18(10-13)22-9-8-21-17/h2-7,10,15-16H,8-9,11H2,1H3. The molecular formula is C19H18O3. The SMILES string of the molecule is Cc1ccccc1C1CC1C(=O)c1ccc2c(c1)OCCO2. The lowest BCUT2D eigenvalue weighted by Crippen LogP contribution is -2.16. The Morgan fingerprint density at radius 2 is 1.82 bits per heavy atom. The molecule has 3 nitrogen and oxygen atoms in total. The first-order valence-electron chi connectivity index (χ1n) is 7.73. The Morgan fingerprint density at radius 3 is 2.64 bits per heavy atom. The van der Waals surface area contributed by atoms with Gasteiger partial charge in [0.15, 0.2) is 17.3 Å². The number of rotatable bonds is 3. The van der Waals surface area contributed by atoms with Gasteiger partial charge < -0.3 is 9.47 Å². The topological polar surface area (TPSA) is 35.5 Å². The van der Waals surface area contributed by atoms with Crippen LogP contribution in [0.5, 0.6) is 11.5 Å². The Morgan fingerprint density at radius 1 is 1.05 bits per heavy atom. The van der Waals surface area contributed by atoms with Crippen LogP contribution in [0, 0.1) is 12.8 Å². The summed E-state index contributed by atoms with van der Waals surface area (Å²) in [7, 11) is 0. The molecule has 112 valence electrons. The smallest absolute Gasteiger partial charge is 0.166 e. The van der Waals surface area contributed by atoms with Gasteiger partial charge in [0.2, 0.25) is 0 Å². The maximum Gasteiger partial charge on any atom is 0.166 e. The summed E-state index contributed by atoms with van der Waals surface area (Å²) in [5.41, 5.74) is 3.30. The summed E-state index contributed by atoms with van der Waals surface area (Å²) in [4.78, 5) is 12.7. The molecule has 0 aromatic heterocycles. The average Bonchev–Trinajstić information content (AvgIpc) is 3.34. The third kappa shape index (κ3) is 2.27. The quantitative estimate of drug-likeness (QED) is 0.809. The number of ketones is 1. The van der Waals surface area contributed by atoms with Gasteiger partial charge in [-0.3, -0.25) is 4.79 Å². The van der Waals surface area contributed by atoms with Crippen LogP contribution in [0.25, 0.3) is 0 Å². The van der Waals surface area contributed by atoms with Crippen molar-refractivity contribution in [2.24, 2.45) is 5.92 Å². The average molecular weight is 294 g/mol. The largest absolute Gasteiger partial charge is 0.486 e. The van der Waals surface area contributed by atoms with Gasteiger partial charge >= 0.3 is 0 Å². The second kappa shape index (κ2) is 5.16. The van der Waals surface area contributed by atoms with E-state index in [2.05, 4.69) is 19.1 Å². The lowest BCUT2D eigenvalue weighted by molar-refractivity contribution is 0.0964. The first kappa shape index (κ1) is 13.4. The highest BCUT2D eigenvalue weighted by Crippen LogP contribution is 2.50. The molecular weight excluding hydrogens is 276 g/mol. The van der Waals surface area contributed by atoms with Crippen LogP contribution in [-0.2, 0) is 0 Å². The molecule has 1 heterocycles. The Kier molecular flexibility index (Phi) is 3.14. The van der Waals surface area contributed by atoms with Crippen LogP contribution in [0.1, 0.15) is 33.8 Å². The van der Waals surface area contributed by atoms with Crippen molar-refractivity contribution in [1.82, 2.24) is 0 Å². The maximum atomic E-state index is 12.7. The number of aryl methyl sites for hydroxylation is 1. The summed E-state index contributed by atoms with van der Waals surface area (Å²) < 4.78 is 11.1. The highest BCUT2D eigenvalue weighted by Gasteiger charge is 2.44. The molecule has 1 aliphatic heterocycles. The van der Waals surface area contributed by atoms with Gasteiger partial charge in [-0.15, -0.1) is 0 Å². The van der Waals surface area contributed by atoms with Crippen molar-refractivity contribution in [1.29, 1.82) is 0 Å². The minimum atomic E-state index is 0.101. The van der Waals surface area contributed by atoms with E-state index in [-0.39, 0.29) is 11.7 Å². The van der Waals surface area contributed by atoms with Crippen LogP contribution in [0.2, 0.25) is 0 Å². The van der Waals surface area contributed by atoms with E-state index in [0.29, 0.717) is 24.9 Å². The number of fused-ring (bicyclic) bond motifs is 1. The third-order valence-electron chi connectivity index (χ3n) is 4.54. The van der Waals surface area contributed by atoms with Crippen molar-refractivity contribution in [3.05, 3.63) is 59.2 Å². The molecule has 1 fully saturated rings. The molecule has 0 bridgehead atoms. The Balaban J connectivity index is 1.55. The third-order valence-corrected chi connectivity index (χ3v) is 4.54. The van der Waals surface area contributed by atoms with Gasteiger partial charge in [-0.25, -0.2) is 0 Å². The summed E-state index contributed by atoms with van der Waals surface area (Å²) >= 11 is 0. The van der Waals surface area contributed by atoms with E-state index in [1.165, 1.54) is 11.1 Å². The lowest BCUT2D eigenvalue weighted by Gasteiger charge is -2.18. The first-order valence-corrected chi connectivity index (χ1v) is 7.73. The van der Waals surface area contributed by atoms with Gasteiger partial charge in [-0.1, -0.05) is 24.3 Å². The molecule has 4 rings (SSSR count). The normalized spacial score (nSPS) is 22.2. The summed E-state index contributed by atoms with van der Waals surface area (Å²) in [5.74, 6) is 2.09. The van der Waals surface area contributed by atoms with E-state index in [0.717, 1.165) is 17.7 Å². The van der Waals surface area contributed by atoms with Crippen LogP contribution >= 0.6 is 0 Å². The van der Waals surface area contributed by atoms with Gasteiger partial charge in [0, 0.05) is 11.5 Å². The van der Waals surface area contributed by atoms with Gasteiger partial charge in [0.25, 0.3) is 0 Å². The van der Waals surface area contributed by atoms with Crippen LogP contribution < -0.4 is 9.47 Å². The van der Waals surface area contributed by atoms with Crippen molar-refractivity contribution in [2.75, 3.05) is 13.2 Å². The fourth-order valence-corrected chi connectivity index (χ4v) is 3.24. The van der Waals surface area contributed by atoms with Crippen LogP contribution in [0.15, 0.2) is 42.5 Å². The van der Waals surface area contributed by atoms with Crippen molar-refractivity contribution in [3.63, 3.8) is 0 Å². The Bertz CT molecular complexity index is 735.